The maximum atomic E-state index is 13.0. The van der Waals surface area contributed by atoms with Crippen molar-refractivity contribution in [3.63, 3.8) is 0 Å². The average Bonchev–Trinajstić information content (AvgIpc) is 3.55. The van der Waals surface area contributed by atoms with Crippen LogP contribution in [0.2, 0.25) is 0 Å². The molecule has 5 rings (SSSR count). The highest BCUT2D eigenvalue weighted by Gasteiger charge is 2.40. The largest absolute Gasteiger partial charge is 0.383 e. The molecular formula is C27H38N2O3. The SMILES string of the molecule is COCC1CCCN1CCc1ccc([C@@H]2CC=C3CN(C(=O)C4CCOCC4)C[C@@H]32)cc1. The van der Waals surface area contributed by atoms with Crippen molar-refractivity contribution in [3.05, 3.63) is 47.0 Å². The molecule has 1 aromatic carbocycles. The van der Waals surface area contributed by atoms with Gasteiger partial charge in [-0.15, -0.1) is 0 Å². The molecule has 1 amide bonds. The van der Waals surface area contributed by atoms with E-state index >= 15 is 0 Å². The van der Waals surface area contributed by atoms with Crippen molar-refractivity contribution < 1.29 is 14.3 Å². The summed E-state index contributed by atoms with van der Waals surface area (Å²) in [5, 5.41) is 0. The number of rotatable bonds is 7. The highest BCUT2D eigenvalue weighted by molar-refractivity contribution is 5.80. The van der Waals surface area contributed by atoms with Crippen LogP contribution < -0.4 is 0 Å². The van der Waals surface area contributed by atoms with Gasteiger partial charge in [-0.25, -0.2) is 0 Å². The highest BCUT2D eigenvalue weighted by atomic mass is 16.5. The van der Waals surface area contributed by atoms with Gasteiger partial charge in [0.15, 0.2) is 0 Å². The van der Waals surface area contributed by atoms with Crippen LogP contribution in [0.25, 0.3) is 0 Å². The second kappa shape index (κ2) is 10.1. The molecule has 3 atom stereocenters. The van der Waals surface area contributed by atoms with Crippen LogP contribution in [0.4, 0.5) is 0 Å². The Labute approximate surface area is 192 Å². The Morgan fingerprint density at radius 1 is 1.12 bits per heavy atom. The van der Waals surface area contributed by atoms with Crippen LogP contribution >= 0.6 is 0 Å². The smallest absolute Gasteiger partial charge is 0.226 e. The summed E-state index contributed by atoms with van der Waals surface area (Å²) in [5.74, 6) is 1.55. The van der Waals surface area contributed by atoms with Crippen LogP contribution in [-0.2, 0) is 20.7 Å². The molecule has 4 aliphatic rings. The summed E-state index contributed by atoms with van der Waals surface area (Å²) in [6.07, 6.45) is 8.94. The zero-order valence-electron chi connectivity index (χ0n) is 19.5. The Morgan fingerprint density at radius 3 is 2.72 bits per heavy atom. The summed E-state index contributed by atoms with van der Waals surface area (Å²) < 4.78 is 10.8. The van der Waals surface area contributed by atoms with Crippen molar-refractivity contribution in [1.29, 1.82) is 0 Å². The molecule has 3 fully saturated rings. The molecule has 3 saturated heterocycles. The Morgan fingerprint density at radius 2 is 1.94 bits per heavy atom. The molecule has 0 radical (unpaired) electrons. The molecule has 32 heavy (non-hydrogen) atoms. The molecule has 0 aromatic heterocycles. The Bertz CT molecular complexity index is 815. The quantitative estimate of drug-likeness (QED) is 0.610. The fourth-order valence-corrected chi connectivity index (χ4v) is 6.31. The van der Waals surface area contributed by atoms with Gasteiger partial charge in [0.2, 0.25) is 5.91 Å². The van der Waals surface area contributed by atoms with Crippen LogP contribution in [0, 0.1) is 11.8 Å². The number of hydrogen-bond donors (Lipinski definition) is 0. The lowest BCUT2D eigenvalue weighted by Crippen LogP contribution is -2.37. The van der Waals surface area contributed by atoms with Gasteiger partial charge in [-0.2, -0.15) is 0 Å². The van der Waals surface area contributed by atoms with Gasteiger partial charge in [0, 0.05) is 57.8 Å². The Balaban J connectivity index is 1.16. The van der Waals surface area contributed by atoms with E-state index in [2.05, 4.69) is 40.1 Å². The molecule has 0 bridgehead atoms. The molecule has 3 heterocycles. The molecular weight excluding hydrogens is 400 g/mol. The molecule has 0 N–H and O–H groups in total. The van der Waals surface area contributed by atoms with E-state index in [1.165, 1.54) is 36.1 Å². The molecule has 3 aliphatic heterocycles. The van der Waals surface area contributed by atoms with E-state index in [1.807, 2.05) is 7.11 Å². The van der Waals surface area contributed by atoms with Crippen molar-refractivity contribution >= 4 is 5.91 Å². The monoisotopic (exact) mass is 438 g/mol. The van der Waals surface area contributed by atoms with E-state index in [0.29, 0.717) is 23.8 Å². The van der Waals surface area contributed by atoms with Crippen LogP contribution in [0.1, 0.15) is 49.1 Å². The van der Waals surface area contributed by atoms with Gasteiger partial charge in [0.25, 0.3) is 0 Å². The molecule has 5 nitrogen and oxygen atoms in total. The first kappa shape index (κ1) is 22.1. The number of nitrogens with zero attached hydrogens (tertiary/aromatic N) is 2. The van der Waals surface area contributed by atoms with E-state index < -0.39 is 0 Å². The van der Waals surface area contributed by atoms with Crippen LogP contribution in [-0.4, -0.2) is 74.9 Å². The van der Waals surface area contributed by atoms with Crippen molar-refractivity contribution in [2.75, 3.05) is 53.1 Å². The summed E-state index contributed by atoms with van der Waals surface area (Å²) in [4.78, 5) is 17.7. The average molecular weight is 439 g/mol. The summed E-state index contributed by atoms with van der Waals surface area (Å²) in [6, 6.07) is 9.94. The van der Waals surface area contributed by atoms with Crippen LogP contribution in [0.5, 0.6) is 0 Å². The predicted molar refractivity (Wildman–Crippen MR) is 126 cm³/mol. The maximum absolute atomic E-state index is 13.0. The highest BCUT2D eigenvalue weighted by Crippen LogP contribution is 2.44. The number of hydrogen-bond acceptors (Lipinski definition) is 4. The van der Waals surface area contributed by atoms with Crippen molar-refractivity contribution in [2.24, 2.45) is 11.8 Å². The lowest BCUT2D eigenvalue weighted by Gasteiger charge is -2.27. The minimum atomic E-state index is 0.167. The van der Waals surface area contributed by atoms with Gasteiger partial charge in [0.05, 0.1) is 6.61 Å². The molecule has 0 saturated carbocycles. The van der Waals surface area contributed by atoms with Crippen molar-refractivity contribution in [1.82, 2.24) is 9.80 Å². The maximum Gasteiger partial charge on any atom is 0.226 e. The van der Waals surface area contributed by atoms with Gasteiger partial charge in [-0.1, -0.05) is 30.3 Å². The summed E-state index contributed by atoms with van der Waals surface area (Å²) in [6.45, 7) is 6.37. The van der Waals surface area contributed by atoms with E-state index in [9.17, 15) is 4.79 Å². The molecule has 5 heteroatoms. The molecule has 1 unspecified atom stereocenters. The molecule has 1 aliphatic carbocycles. The number of likely N-dealkylation sites (tertiary alicyclic amines) is 2. The molecule has 1 aromatic rings. The van der Waals surface area contributed by atoms with Crippen molar-refractivity contribution in [2.45, 2.75) is 50.5 Å². The standard InChI is InChI=1S/C27H38N2O3/c1-31-19-24-3-2-13-28(24)14-10-20-4-6-21(7-5-20)25-9-8-23-17-29(18-26(23)25)27(30)22-11-15-32-16-12-22/h4-8,22,24-26H,2-3,9-19H2,1H3/t24?,25-,26-/m0/s1. The number of benzene rings is 1. The second-order valence-electron chi connectivity index (χ2n) is 10.1. The normalized spacial score (nSPS) is 28.8. The summed E-state index contributed by atoms with van der Waals surface area (Å²) >= 11 is 0. The van der Waals surface area contributed by atoms with E-state index in [4.69, 9.17) is 9.47 Å². The third kappa shape index (κ3) is 4.66. The van der Waals surface area contributed by atoms with Gasteiger partial charge in [-0.3, -0.25) is 9.69 Å². The first-order chi connectivity index (χ1) is 15.7. The van der Waals surface area contributed by atoms with Crippen molar-refractivity contribution in [3.8, 4) is 0 Å². The first-order valence-electron chi connectivity index (χ1n) is 12.6. The van der Waals surface area contributed by atoms with Gasteiger partial charge in [-0.05, 0) is 67.7 Å². The van der Waals surface area contributed by atoms with Crippen LogP contribution in [0.3, 0.4) is 0 Å². The number of methoxy groups -OCH3 is 1. The third-order valence-electron chi connectivity index (χ3n) is 8.22. The molecule has 0 spiro atoms. The summed E-state index contributed by atoms with van der Waals surface area (Å²) in [5.41, 5.74) is 4.34. The van der Waals surface area contributed by atoms with E-state index in [1.54, 1.807) is 0 Å². The van der Waals surface area contributed by atoms with Crippen LogP contribution in [0.15, 0.2) is 35.9 Å². The number of ether oxygens (including phenoxy) is 2. The zero-order valence-corrected chi connectivity index (χ0v) is 19.5. The fraction of sp³-hybridized carbons (Fsp3) is 0.667. The minimum absolute atomic E-state index is 0.167. The number of carbonyl (C=O) groups excluding carboxylic acids is 1. The topological polar surface area (TPSA) is 42.0 Å². The third-order valence-corrected chi connectivity index (χ3v) is 8.22. The fourth-order valence-electron chi connectivity index (χ4n) is 6.31. The van der Waals surface area contributed by atoms with Gasteiger partial charge in [0.1, 0.15) is 0 Å². The lowest BCUT2D eigenvalue weighted by atomic mass is 9.86. The first-order valence-corrected chi connectivity index (χ1v) is 12.6. The number of amides is 1. The predicted octanol–water partition coefficient (Wildman–Crippen LogP) is 3.64. The number of allylic oxidation sites excluding steroid dienone is 1. The molecule has 174 valence electrons. The number of fused-ring (bicyclic) bond motifs is 1. The van der Waals surface area contributed by atoms with Gasteiger partial charge >= 0.3 is 0 Å². The second-order valence-corrected chi connectivity index (χ2v) is 10.1. The lowest BCUT2D eigenvalue weighted by molar-refractivity contribution is -0.137. The van der Waals surface area contributed by atoms with E-state index in [-0.39, 0.29) is 5.92 Å². The Hall–Kier alpha value is -1.69. The zero-order chi connectivity index (χ0) is 21.9. The van der Waals surface area contributed by atoms with Gasteiger partial charge < -0.3 is 14.4 Å². The summed E-state index contributed by atoms with van der Waals surface area (Å²) in [7, 11) is 1.81. The Kier molecular flexibility index (Phi) is 6.96. The van der Waals surface area contributed by atoms with E-state index in [0.717, 1.165) is 65.1 Å². The number of carbonyl (C=O) groups is 1. The minimum Gasteiger partial charge on any atom is -0.383 e.